The van der Waals surface area contributed by atoms with Crippen molar-refractivity contribution in [2.75, 3.05) is 26.1 Å². The molecule has 0 heterocycles. The number of ether oxygens (including phenoxy) is 1. The van der Waals surface area contributed by atoms with Crippen molar-refractivity contribution >= 4 is 33.7 Å². The van der Waals surface area contributed by atoms with E-state index >= 15 is 0 Å². The summed E-state index contributed by atoms with van der Waals surface area (Å²) in [6.07, 6.45) is 1.59. The van der Waals surface area contributed by atoms with Crippen molar-refractivity contribution in [3.8, 4) is 5.75 Å². The van der Waals surface area contributed by atoms with Crippen molar-refractivity contribution in [1.82, 2.24) is 5.43 Å². The van der Waals surface area contributed by atoms with Crippen LogP contribution in [-0.4, -0.2) is 33.3 Å². The first-order valence-electron chi connectivity index (χ1n) is 6.96. The van der Waals surface area contributed by atoms with Gasteiger partial charge in [-0.2, -0.15) is 5.10 Å². The maximum absolute atomic E-state index is 12.1. The summed E-state index contributed by atoms with van der Waals surface area (Å²) in [7, 11) is 5.47. The van der Waals surface area contributed by atoms with E-state index in [1.54, 1.807) is 24.4 Å². The Hall–Kier alpha value is -2.34. The minimum Gasteiger partial charge on any atom is -0.496 e. The van der Waals surface area contributed by atoms with Gasteiger partial charge in [-0.15, -0.1) is 0 Å². The summed E-state index contributed by atoms with van der Waals surface area (Å²) in [6, 6.07) is 12.9. The highest BCUT2D eigenvalue weighted by Crippen LogP contribution is 2.25. The van der Waals surface area contributed by atoms with E-state index in [2.05, 4.69) is 26.5 Å². The molecule has 0 aromatic heterocycles. The molecule has 0 atom stereocenters. The number of para-hydroxylation sites is 1. The average molecular weight is 376 g/mol. The van der Waals surface area contributed by atoms with Crippen LogP contribution in [0.25, 0.3) is 0 Å². The van der Waals surface area contributed by atoms with Crippen molar-refractivity contribution in [2.45, 2.75) is 0 Å². The number of rotatable bonds is 5. The van der Waals surface area contributed by atoms with Crippen LogP contribution in [0.5, 0.6) is 5.75 Å². The summed E-state index contributed by atoms with van der Waals surface area (Å²) in [4.78, 5) is 14.1. The van der Waals surface area contributed by atoms with Crippen molar-refractivity contribution in [1.29, 1.82) is 0 Å². The van der Waals surface area contributed by atoms with Gasteiger partial charge in [0.2, 0.25) is 0 Å². The molecule has 0 aliphatic heterocycles. The van der Waals surface area contributed by atoms with Crippen LogP contribution < -0.4 is 15.1 Å². The van der Waals surface area contributed by atoms with E-state index in [1.165, 1.54) is 7.11 Å². The standard InChI is InChI=1S/C17H18BrN3O2/c1-21(2)15-9-8-12(10-14(15)18)11-19-20-17(22)13-6-4-5-7-16(13)23-3/h4-11H,1-3H3,(H,20,22)/b19-11-. The monoisotopic (exact) mass is 375 g/mol. The van der Waals surface area contributed by atoms with E-state index in [0.717, 1.165) is 15.7 Å². The lowest BCUT2D eigenvalue weighted by atomic mass is 10.2. The van der Waals surface area contributed by atoms with Gasteiger partial charge >= 0.3 is 0 Å². The molecule has 0 saturated heterocycles. The number of hydrogen-bond acceptors (Lipinski definition) is 4. The lowest BCUT2D eigenvalue weighted by molar-refractivity contribution is 0.0952. The molecule has 2 rings (SSSR count). The average Bonchev–Trinajstić information content (AvgIpc) is 2.54. The molecule has 0 unspecified atom stereocenters. The van der Waals surface area contributed by atoms with Crippen LogP contribution in [0, 0.1) is 0 Å². The first-order valence-corrected chi connectivity index (χ1v) is 7.75. The number of carbonyl (C=O) groups is 1. The Morgan fingerprint density at radius 3 is 2.65 bits per heavy atom. The molecule has 1 N–H and O–H groups in total. The van der Waals surface area contributed by atoms with Crippen LogP contribution in [0.3, 0.4) is 0 Å². The van der Waals surface area contributed by atoms with Gasteiger partial charge in [0, 0.05) is 18.6 Å². The zero-order valence-electron chi connectivity index (χ0n) is 13.2. The van der Waals surface area contributed by atoms with Gasteiger partial charge < -0.3 is 9.64 Å². The molecule has 23 heavy (non-hydrogen) atoms. The van der Waals surface area contributed by atoms with Gasteiger partial charge in [0.1, 0.15) is 5.75 Å². The second-order valence-electron chi connectivity index (χ2n) is 5.00. The molecule has 0 fully saturated rings. The second kappa shape index (κ2) is 7.78. The minimum atomic E-state index is -0.317. The molecular formula is C17H18BrN3O2. The normalized spacial score (nSPS) is 10.6. The number of nitrogens with one attached hydrogen (secondary N) is 1. The lowest BCUT2D eigenvalue weighted by Crippen LogP contribution is -2.18. The topological polar surface area (TPSA) is 53.9 Å². The van der Waals surface area contributed by atoms with Crippen LogP contribution in [0.15, 0.2) is 52.0 Å². The van der Waals surface area contributed by atoms with E-state index < -0.39 is 0 Å². The number of carbonyl (C=O) groups excluding carboxylic acids is 1. The van der Waals surface area contributed by atoms with Gasteiger partial charge in [-0.3, -0.25) is 4.79 Å². The number of amides is 1. The van der Waals surface area contributed by atoms with E-state index in [9.17, 15) is 4.79 Å². The molecule has 0 spiro atoms. The molecule has 0 bridgehead atoms. The predicted molar refractivity (Wildman–Crippen MR) is 96.5 cm³/mol. The Morgan fingerprint density at radius 2 is 2.00 bits per heavy atom. The summed E-state index contributed by atoms with van der Waals surface area (Å²) in [6.45, 7) is 0. The third kappa shape index (κ3) is 4.32. The zero-order valence-corrected chi connectivity index (χ0v) is 14.8. The second-order valence-corrected chi connectivity index (χ2v) is 5.86. The molecule has 5 nitrogen and oxygen atoms in total. The quantitative estimate of drug-likeness (QED) is 0.644. The SMILES string of the molecule is COc1ccccc1C(=O)N/N=C\c1ccc(N(C)C)c(Br)c1. The molecule has 0 aliphatic rings. The van der Waals surface area contributed by atoms with Crippen LogP contribution in [0.1, 0.15) is 15.9 Å². The summed E-state index contributed by atoms with van der Waals surface area (Å²) in [5.74, 6) is 0.195. The summed E-state index contributed by atoms with van der Waals surface area (Å²) in [5, 5.41) is 3.99. The molecular weight excluding hydrogens is 358 g/mol. The van der Waals surface area contributed by atoms with Gasteiger partial charge in [-0.1, -0.05) is 18.2 Å². The molecule has 1 amide bonds. The molecule has 2 aromatic carbocycles. The first-order chi connectivity index (χ1) is 11.0. The Kier molecular flexibility index (Phi) is 5.76. The summed E-state index contributed by atoms with van der Waals surface area (Å²) in [5.41, 5.74) is 4.89. The number of methoxy groups -OCH3 is 1. The maximum Gasteiger partial charge on any atom is 0.275 e. The van der Waals surface area contributed by atoms with E-state index in [4.69, 9.17) is 4.74 Å². The molecule has 6 heteroatoms. The number of hydrogen-bond donors (Lipinski definition) is 1. The minimum absolute atomic E-state index is 0.317. The molecule has 0 saturated carbocycles. The van der Waals surface area contributed by atoms with E-state index in [0.29, 0.717) is 11.3 Å². The summed E-state index contributed by atoms with van der Waals surface area (Å²) < 4.78 is 6.12. The predicted octanol–water partition coefficient (Wildman–Crippen LogP) is 3.29. The third-order valence-electron chi connectivity index (χ3n) is 3.18. The molecule has 2 aromatic rings. The fourth-order valence-corrected chi connectivity index (χ4v) is 2.78. The molecule has 120 valence electrons. The highest BCUT2D eigenvalue weighted by atomic mass is 79.9. The van der Waals surface area contributed by atoms with Crippen LogP contribution in [0.2, 0.25) is 0 Å². The van der Waals surface area contributed by atoms with Crippen molar-refractivity contribution in [2.24, 2.45) is 5.10 Å². The highest BCUT2D eigenvalue weighted by molar-refractivity contribution is 9.10. The molecule has 0 aliphatic carbocycles. The van der Waals surface area contributed by atoms with Crippen LogP contribution >= 0.6 is 15.9 Å². The Morgan fingerprint density at radius 1 is 1.26 bits per heavy atom. The van der Waals surface area contributed by atoms with Gasteiger partial charge in [-0.25, -0.2) is 5.43 Å². The summed E-state index contributed by atoms with van der Waals surface area (Å²) >= 11 is 3.52. The molecule has 0 radical (unpaired) electrons. The van der Waals surface area contributed by atoms with Crippen LogP contribution in [0.4, 0.5) is 5.69 Å². The first kappa shape index (κ1) is 17.0. The number of halogens is 1. The third-order valence-corrected chi connectivity index (χ3v) is 3.82. The number of anilines is 1. The number of nitrogens with zero attached hydrogens (tertiary/aromatic N) is 2. The van der Waals surface area contributed by atoms with E-state index in [1.807, 2.05) is 43.3 Å². The maximum atomic E-state index is 12.1. The fourth-order valence-electron chi connectivity index (χ4n) is 2.02. The van der Waals surface area contributed by atoms with Crippen molar-refractivity contribution < 1.29 is 9.53 Å². The highest BCUT2D eigenvalue weighted by Gasteiger charge is 2.10. The Balaban J connectivity index is 2.07. The van der Waals surface area contributed by atoms with Gasteiger partial charge in [-0.05, 0) is 45.8 Å². The Labute approximate surface area is 144 Å². The largest absolute Gasteiger partial charge is 0.496 e. The van der Waals surface area contributed by atoms with Crippen molar-refractivity contribution in [3.05, 3.63) is 58.1 Å². The lowest BCUT2D eigenvalue weighted by Gasteiger charge is -2.14. The fraction of sp³-hybridized carbons (Fsp3) is 0.176. The van der Waals surface area contributed by atoms with E-state index in [-0.39, 0.29) is 5.91 Å². The van der Waals surface area contributed by atoms with Gasteiger partial charge in [0.15, 0.2) is 0 Å². The van der Waals surface area contributed by atoms with Crippen molar-refractivity contribution in [3.63, 3.8) is 0 Å². The Bertz CT molecular complexity index is 730. The van der Waals surface area contributed by atoms with Gasteiger partial charge in [0.05, 0.1) is 24.6 Å². The zero-order chi connectivity index (χ0) is 16.8. The number of benzene rings is 2. The van der Waals surface area contributed by atoms with Gasteiger partial charge in [0.25, 0.3) is 5.91 Å². The van der Waals surface area contributed by atoms with Crippen LogP contribution in [-0.2, 0) is 0 Å². The smallest absolute Gasteiger partial charge is 0.275 e. The number of hydrazone groups is 1.